The summed E-state index contributed by atoms with van der Waals surface area (Å²) in [5, 5.41) is 0. The van der Waals surface area contributed by atoms with Crippen LogP contribution in [0.15, 0.2) is 49.1 Å². The van der Waals surface area contributed by atoms with E-state index in [1.165, 1.54) is 25.3 Å². The number of hydrogen-bond donors (Lipinski definition) is 0. The first-order chi connectivity index (χ1) is 12.4. The topological polar surface area (TPSA) is 12.5 Å². The van der Waals surface area contributed by atoms with E-state index in [4.69, 9.17) is 4.74 Å². The predicted octanol–water partition coefficient (Wildman–Crippen LogP) is 5.59. The molecule has 2 aromatic carbocycles. The van der Waals surface area contributed by atoms with E-state index >= 15 is 0 Å². The van der Waals surface area contributed by atoms with Gasteiger partial charge in [-0.3, -0.25) is 0 Å². The lowest BCUT2D eigenvalue weighted by atomic mass is 9.83. The highest BCUT2D eigenvalue weighted by Gasteiger charge is 2.32. The molecule has 0 aromatic heterocycles. The number of likely N-dealkylation sites (N-methyl/N-ethyl adjacent to an activating group) is 1. The number of nitrogens with zero attached hydrogens (tertiary/aromatic N) is 1. The first-order valence-electron chi connectivity index (χ1n) is 8.73. The molecule has 27 heavy (non-hydrogen) atoms. The van der Waals surface area contributed by atoms with E-state index < -0.39 is 17.7 Å². The molecule has 2 atom stereocenters. The maximum atomic E-state index is 14.5. The zero-order valence-corrected chi connectivity index (χ0v) is 17.2. The average molecular weight is 396 g/mol. The fourth-order valence-electron chi connectivity index (χ4n) is 3.65. The Kier molecular flexibility index (Phi) is 9.10. The Morgan fingerprint density at radius 3 is 2.04 bits per heavy atom. The minimum absolute atomic E-state index is 0. The Hall–Kier alpha value is -1.75. The molecule has 2 aromatic rings. The average Bonchev–Trinajstić information content (AvgIpc) is 2.57. The van der Waals surface area contributed by atoms with Crippen molar-refractivity contribution >= 4 is 12.4 Å². The van der Waals surface area contributed by atoms with Crippen LogP contribution in [0.3, 0.4) is 0 Å². The minimum atomic E-state index is -0.733. The quantitative estimate of drug-likeness (QED) is 0.540. The van der Waals surface area contributed by atoms with E-state index in [1.807, 2.05) is 45.2 Å². The van der Waals surface area contributed by atoms with E-state index in [2.05, 4.69) is 11.5 Å². The van der Waals surface area contributed by atoms with Crippen molar-refractivity contribution in [2.45, 2.75) is 25.9 Å². The molecule has 2 unspecified atom stereocenters. The lowest BCUT2D eigenvalue weighted by Gasteiger charge is -2.32. The first-order valence-corrected chi connectivity index (χ1v) is 8.73. The second kappa shape index (κ2) is 10.5. The summed E-state index contributed by atoms with van der Waals surface area (Å²) in [7, 11) is 3.47. The van der Waals surface area contributed by atoms with E-state index in [1.54, 1.807) is 0 Å². The third kappa shape index (κ3) is 5.38. The molecule has 2 rings (SSSR count). The Labute approximate surface area is 167 Å². The van der Waals surface area contributed by atoms with Crippen LogP contribution in [0.4, 0.5) is 8.78 Å². The Balaban J connectivity index is 0.00000364. The van der Waals surface area contributed by atoms with Crippen LogP contribution in [0.1, 0.15) is 34.3 Å². The molecular weight excluding hydrogens is 368 g/mol. The summed E-state index contributed by atoms with van der Waals surface area (Å²) >= 11 is 0. The summed E-state index contributed by atoms with van der Waals surface area (Å²) in [6, 6.07) is 9.96. The standard InChI is InChI=1S/C22H27F2NO.ClH/c1-6-13-25(4)14-17(20-15(2)9-7-10-16(20)3)22(26-5)21-18(23)11-8-12-19(21)24;/h6-12,17,22H,1,13-14H2,2-5H3;1H. The van der Waals surface area contributed by atoms with Crippen LogP contribution >= 0.6 is 12.4 Å². The monoisotopic (exact) mass is 395 g/mol. The molecule has 0 aliphatic heterocycles. The molecule has 0 amide bonds. The zero-order valence-electron chi connectivity index (χ0n) is 16.3. The molecule has 0 radical (unpaired) electrons. The molecule has 0 saturated heterocycles. The molecule has 0 bridgehead atoms. The predicted molar refractivity (Wildman–Crippen MR) is 110 cm³/mol. The SMILES string of the molecule is C=CCN(C)CC(c1c(C)cccc1C)C(OC)c1c(F)cccc1F.Cl. The van der Waals surface area contributed by atoms with Gasteiger partial charge >= 0.3 is 0 Å². The van der Waals surface area contributed by atoms with Crippen molar-refractivity contribution in [3.8, 4) is 0 Å². The summed E-state index contributed by atoms with van der Waals surface area (Å²) in [6.07, 6.45) is 1.08. The van der Waals surface area contributed by atoms with E-state index in [0.717, 1.165) is 16.7 Å². The molecule has 0 aliphatic carbocycles. The largest absolute Gasteiger partial charge is 0.376 e. The van der Waals surface area contributed by atoms with Crippen molar-refractivity contribution in [2.75, 3.05) is 27.2 Å². The van der Waals surface area contributed by atoms with Gasteiger partial charge in [0.2, 0.25) is 0 Å². The van der Waals surface area contributed by atoms with E-state index in [0.29, 0.717) is 13.1 Å². The van der Waals surface area contributed by atoms with Crippen LogP contribution in [0.2, 0.25) is 0 Å². The third-order valence-electron chi connectivity index (χ3n) is 4.77. The molecule has 2 nitrogen and oxygen atoms in total. The number of halogens is 3. The molecule has 0 saturated carbocycles. The van der Waals surface area contributed by atoms with Crippen LogP contribution in [0, 0.1) is 25.5 Å². The van der Waals surface area contributed by atoms with Crippen molar-refractivity contribution in [3.05, 3.63) is 82.9 Å². The molecule has 0 aliphatic rings. The lowest BCUT2D eigenvalue weighted by molar-refractivity contribution is 0.0619. The van der Waals surface area contributed by atoms with Crippen molar-refractivity contribution in [2.24, 2.45) is 0 Å². The third-order valence-corrected chi connectivity index (χ3v) is 4.77. The van der Waals surface area contributed by atoms with Crippen molar-refractivity contribution in [3.63, 3.8) is 0 Å². The summed E-state index contributed by atoms with van der Waals surface area (Å²) in [4.78, 5) is 2.08. The van der Waals surface area contributed by atoms with Crippen molar-refractivity contribution in [1.29, 1.82) is 0 Å². The normalized spacial score (nSPS) is 13.1. The van der Waals surface area contributed by atoms with Gasteiger partial charge in [0.1, 0.15) is 11.6 Å². The molecule has 0 N–H and O–H groups in total. The van der Waals surface area contributed by atoms with Gasteiger partial charge in [-0.2, -0.15) is 0 Å². The van der Waals surface area contributed by atoms with Crippen LogP contribution < -0.4 is 0 Å². The van der Waals surface area contributed by atoms with Crippen LogP contribution in [0.25, 0.3) is 0 Å². The number of hydrogen-bond acceptors (Lipinski definition) is 2. The fourth-order valence-corrected chi connectivity index (χ4v) is 3.65. The van der Waals surface area contributed by atoms with Gasteiger partial charge in [0.25, 0.3) is 0 Å². The number of rotatable bonds is 8. The number of aryl methyl sites for hydroxylation is 2. The minimum Gasteiger partial charge on any atom is -0.376 e. The summed E-state index contributed by atoms with van der Waals surface area (Å²) in [5.74, 6) is -1.39. The van der Waals surface area contributed by atoms with Gasteiger partial charge in [-0.05, 0) is 49.7 Å². The second-order valence-electron chi connectivity index (χ2n) is 6.71. The Morgan fingerprint density at radius 2 is 1.56 bits per heavy atom. The highest BCUT2D eigenvalue weighted by molar-refractivity contribution is 5.85. The van der Waals surface area contributed by atoms with Gasteiger partial charge in [0.15, 0.2) is 0 Å². The van der Waals surface area contributed by atoms with Gasteiger partial charge in [-0.25, -0.2) is 8.78 Å². The molecule has 0 spiro atoms. The van der Waals surface area contributed by atoms with Crippen LogP contribution in [-0.4, -0.2) is 32.1 Å². The Morgan fingerprint density at radius 1 is 1.04 bits per heavy atom. The Bertz CT molecular complexity index is 725. The van der Waals surface area contributed by atoms with Crippen molar-refractivity contribution < 1.29 is 13.5 Å². The highest BCUT2D eigenvalue weighted by Crippen LogP contribution is 2.39. The van der Waals surface area contributed by atoms with Crippen molar-refractivity contribution in [1.82, 2.24) is 4.90 Å². The van der Waals surface area contributed by atoms with Gasteiger partial charge in [-0.15, -0.1) is 19.0 Å². The summed E-state index contributed by atoms with van der Waals surface area (Å²) < 4.78 is 34.7. The number of benzene rings is 2. The van der Waals surface area contributed by atoms with Gasteiger partial charge < -0.3 is 9.64 Å². The van der Waals surface area contributed by atoms with Gasteiger partial charge in [0.05, 0.1) is 11.7 Å². The highest BCUT2D eigenvalue weighted by atomic mass is 35.5. The van der Waals surface area contributed by atoms with E-state index in [9.17, 15) is 8.78 Å². The smallest absolute Gasteiger partial charge is 0.131 e. The first kappa shape index (κ1) is 23.3. The second-order valence-corrected chi connectivity index (χ2v) is 6.71. The summed E-state index contributed by atoms with van der Waals surface area (Å²) in [5.41, 5.74) is 3.22. The van der Waals surface area contributed by atoms with Gasteiger partial charge in [-0.1, -0.05) is 30.3 Å². The molecule has 0 fully saturated rings. The zero-order chi connectivity index (χ0) is 19.3. The molecular formula is C22H28ClF2NO. The van der Waals surface area contributed by atoms with Crippen LogP contribution in [-0.2, 0) is 4.74 Å². The number of methoxy groups -OCH3 is 1. The van der Waals surface area contributed by atoms with Gasteiger partial charge in [0, 0.05) is 26.1 Å². The maximum absolute atomic E-state index is 14.5. The molecule has 0 heterocycles. The fraction of sp³-hybridized carbons (Fsp3) is 0.364. The molecule has 5 heteroatoms. The number of ether oxygens (including phenoxy) is 1. The van der Waals surface area contributed by atoms with Crippen LogP contribution in [0.5, 0.6) is 0 Å². The molecule has 148 valence electrons. The van der Waals surface area contributed by atoms with E-state index in [-0.39, 0.29) is 23.9 Å². The summed E-state index contributed by atoms with van der Waals surface area (Å²) in [6.45, 7) is 9.08. The lowest BCUT2D eigenvalue weighted by Crippen LogP contribution is -2.30. The maximum Gasteiger partial charge on any atom is 0.131 e.